The number of rotatable bonds is 8. The lowest BCUT2D eigenvalue weighted by molar-refractivity contribution is 0.0797. The van der Waals surface area contributed by atoms with Crippen molar-refractivity contribution in [3.8, 4) is 0 Å². The highest BCUT2D eigenvalue weighted by atomic mass is 16.5. The van der Waals surface area contributed by atoms with Crippen LogP contribution in [-0.2, 0) is 4.74 Å². The summed E-state index contributed by atoms with van der Waals surface area (Å²) < 4.78 is 5.74. The molecule has 3 heteroatoms. The first-order valence-corrected chi connectivity index (χ1v) is 7.96. The molecule has 1 aliphatic heterocycles. The first-order valence-electron chi connectivity index (χ1n) is 7.96. The van der Waals surface area contributed by atoms with E-state index in [2.05, 4.69) is 37.6 Å². The van der Waals surface area contributed by atoms with Crippen molar-refractivity contribution in [1.82, 2.24) is 9.80 Å². The van der Waals surface area contributed by atoms with Gasteiger partial charge in [0, 0.05) is 39.3 Å². The molecule has 0 aromatic heterocycles. The Morgan fingerprint density at radius 1 is 0.895 bits per heavy atom. The van der Waals surface area contributed by atoms with Gasteiger partial charge in [-0.25, -0.2) is 0 Å². The molecule has 0 aliphatic carbocycles. The molecule has 0 aromatic carbocycles. The number of piperazine rings is 1. The molecule has 1 fully saturated rings. The molecule has 1 saturated heterocycles. The van der Waals surface area contributed by atoms with Crippen molar-refractivity contribution in [3.63, 3.8) is 0 Å². The van der Waals surface area contributed by atoms with E-state index in [1.54, 1.807) is 0 Å². The molecule has 0 unspecified atom stereocenters. The van der Waals surface area contributed by atoms with E-state index in [1.807, 2.05) is 0 Å². The average molecular weight is 270 g/mol. The second-order valence-electron chi connectivity index (χ2n) is 7.13. The Kier molecular flexibility index (Phi) is 7.96. The zero-order valence-corrected chi connectivity index (χ0v) is 13.6. The van der Waals surface area contributed by atoms with Gasteiger partial charge >= 0.3 is 0 Å². The summed E-state index contributed by atoms with van der Waals surface area (Å²) in [6.45, 7) is 14.7. The first-order chi connectivity index (χ1) is 8.97. The smallest absolute Gasteiger partial charge is 0.0593 e. The summed E-state index contributed by atoms with van der Waals surface area (Å²) in [7, 11) is 2.20. The molecule has 1 heterocycles. The molecule has 19 heavy (non-hydrogen) atoms. The van der Waals surface area contributed by atoms with Gasteiger partial charge in [-0.05, 0) is 25.3 Å². The maximum Gasteiger partial charge on any atom is 0.0593 e. The monoisotopic (exact) mass is 270 g/mol. The molecule has 0 saturated carbocycles. The largest absolute Gasteiger partial charge is 0.380 e. The highest BCUT2D eigenvalue weighted by molar-refractivity contribution is 4.68. The molecule has 3 nitrogen and oxygen atoms in total. The zero-order valence-electron chi connectivity index (χ0n) is 13.6. The molecule has 0 spiro atoms. The molecule has 114 valence electrons. The average Bonchev–Trinajstić information content (AvgIpc) is 2.33. The van der Waals surface area contributed by atoms with Crippen LogP contribution in [0.15, 0.2) is 0 Å². The lowest BCUT2D eigenvalue weighted by Crippen LogP contribution is -2.45. The summed E-state index contributed by atoms with van der Waals surface area (Å²) >= 11 is 0. The van der Waals surface area contributed by atoms with E-state index in [9.17, 15) is 0 Å². The van der Waals surface area contributed by atoms with Gasteiger partial charge in [-0.15, -0.1) is 0 Å². The molecule has 0 aromatic rings. The van der Waals surface area contributed by atoms with Crippen molar-refractivity contribution in [1.29, 1.82) is 0 Å². The van der Waals surface area contributed by atoms with Gasteiger partial charge in [-0.3, -0.25) is 4.90 Å². The number of ether oxygens (including phenoxy) is 1. The van der Waals surface area contributed by atoms with Gasteiger partial charge in [-0.1, -0.05) is 33.6 Å². The highest BCUT2D eigenvalue weighted by Crippen LogP contribution is 2.21. The Hall–Kier alpha value is -0.120. The van der Waals surface area contributed by atoms with E-state index in [-0.39, 0.29) is 0 Å². The predicted molar refractivity (Wildman–Crippen MR) is 82.7 cm³/mol. The lowest BCUT2D eigenvalue weighted by Gasteiger charge is -2.32. The van der Waals surface area contributed by atoms with E-state index >= 15 is 0 Å². The van der Waals surface area contributed by atoms with Crippen LogP contribution in [0.3, 0.4) is 0 Å². The van der Waals surface area contributed by atoms with Crippen molar-refractivity contribution in [2.45, 2.75) is 46.5 Å². The molecule has 0 bridgehead atoms. The fourth-order valence-corrected chi connectivity index (χ4v) is 2.40. The summed E-state index contributed by atoms with van der Waals surface area (Å²) in [6, 6.07) is 0. The minimum absolute atomic E-state index is 0.488. The van der Waals surface area contributed by atoms with E-state index < -0.39 is 0 Å². The Morgan fingerprint density at radius 3 is 2.21 bits per heavy atom. The lowest BCUT2D eigenvalue weighted by atomic mass is 9.89. The van der Waals surface area contributed by atoms with Crippen molar-refractivity contribution in [3.05, 3.63) is 0 Å². The Bertz CT molecular complexity index is 217. The van der Waals surface area contributed by atoms with Gasteiger partial charge in [0.05, 0.1) is 6.61 Å². The molecule has 0 N–H and O–H groups in total. The van der Waals surface area contributed by atoms with Crippen LogP contribution in [0.1, 0.15) is 46.5 Å². The molecule has 0 radical (unpaired) electrons. The zero-order chi connectivity index (χ0) is 14.1. The molecule has 1 rings (SSSR count). The molecular weight excluding hydrogens is 236 g/mol. The van der Waals surface area contributed by atoms with Crippen LogP contribution in [0.2, 0.25) is 0 Å². The maximum atomic E-state index is 5.74. The van der Waals surface area contributed by atoms with Crippen LogP contribution in [0.5, 0.6) is 0 Å². The standard InChI is InChI=1S/C16H34N2O/c1-16(2,3)8-6-5-7-14-19-15-13-18-11-9-17(4)10-12-18/h5-15H2,1-4H3. The van der Waals surface area contributed by atoms with Crippen molar-refractivity contribution >= 4 is 0 Å². The van der Waals surface area contributed by atoms with E-state index in [0.29, 0.717) is 5.41 Å². The Labute approximate surface area is 120 Å². The minimum Gasteiger partial charge on any atom is -0.380 e. The number of hydrogen-bond donors (Lipinski definition) is 0. The van der Waals surface area contributed by atoms with Gasteiger partial charge < -0.3 is 9.64 Å². The second kappa shape index (κ2) is 8.93. The van der Waals surface area contributed by atoms with Crippen molar-refractivity contribution in [2.24, 2.45) is 5.41 Å². The Balaban J connectivity index is 1.84. The Morgan fingerprint density at radius 2 is 1.58 bits per heavy atom. The van der Waals surface area contributed by atoms with Crippen LogP contribution in [0.4, 0.5) is 0 Å². The van der Waals surface area contributed by atoms with Crippen LogP contribution < -0.4 is 0 Å². The third-order valence-corrected chi connectivity index (χ3v) is 3.86. The van der Waals surface area contributed by atoms with Gasteiger partial charge in [-0.2, -0.15) is 0 Å². The maximum absolute atomic E-state index is 5.74. The number of nitrogens with zero attached hydrogens (tertiary/aromatic N) is 2. The van der Waals surface area contributed by atoms with Crippen molar-refractivity contribution < 1.29 is 4.74 Å². The van der Waals surface area contributed by atoms with E-state index in [1.165, 1.54) is 51.9 Å². The third-order valence-electron chi connectivity index (χ3n) is 3.86. The fourth-order valence-electron chi connectivity index (χ4n) is 2.40. The normalized spacial score (nSPS) is 18.9. The number of likely N-dealkylation sites (N-methyl/N-ethyl adjacent to an activating group) is 1. The predicted octanol–water partition coefficient (Wildman–Crippen LogP) is 2.86. The SMILES string of the molecule is CN1CCN(CCOCCCCCC(C)(C)C)CC1. The summed E-state index contributed by atoms with van der Waals surface area (Å²) in [5, 5.41) is 0. The summed E-state index contributed by atoms with van der Waals surface area (Å²) in [4.78, 5) is 4.91. The summed E-state index contributed by atoms with van der Waals surface area (Å²) in [5.74, 6) is 0. The van der Waals surface area contributed by atoms with Crippen molar-refractivity contribution in [2.75, 3.05) is 53.0 Å². The number of hydrogen-bond acceptors (Lipinski definition) is 3. The fraction of sp³-hybridized carbons (Fsp3) is 1.00. The summed E-state index contributed by atoms with van der Waals surface area (Å²) in [5.41, 5.74) is 0.488. The van der Waals surface area contributed by atoms with Crippen LogP contribution in [0.25, 0.3) is 0 Å². The third kappa shape index (κ3) is 9.42. The molecule has 1 aliphatic rings. The minimum atomic E-state index is 0.488. The van der Waals surface area contributed by atoms with Gasteiger partial charge in [0.2, 0.25) is 0 Å². The second-order valence-corrected chi connectivity index (χ2v) is 7.13. The molecular formula is C16H34N2O. The topological polar surface area (TPSA) is 15.7 Å². The van der Waals surface area contributed by atoms with E-state index in [0.717, 1.165) is 19.8 Å². The van der Waals surface area contributed by atoms with E-state index in [4.69, 9.17) is 4.74 Å². The highest BCUT2D eigenvalue weighted by Gasteiger charge is 2.12. The molecule has 0 amide bonds. The molecule has 0 atom stereocenters. The van der Waals surface area contributed by atoms with Crippen LogP contribution in [-0.4, -0.2) is 62.8 Å². The quantitative estimate of drug-likeness (QED) is 0.631. The van der Waals surface area contributed by atoms with Gasteiger partial charge in [0.15, 0.2) is 0 Å². The van der Waals surface area contributed by atoms with Gasteiger partial charge in [0.25, 0.3) is 0 Å². The van der Waals surface area contributed by atoms with Gasteiger partial charge in [0.1, 0.15) is 0 Å². The van der Waals surface area contributed by atoms with Crippen LogP contribution >= 0.6 is 0 Å². The van der Waals surface area contributed by atoms with Crippen LogP contribution in [0, 0.1) is 5.41 Å². The summed E-state index contributed by atoms with van der Waals surface area (Å²) in [6.07, 6.45) is 5.20. The first kappa shape index (κ1) is 16.9. The number of unbranched alkanes of at least 4 members (excludes halogenated alkanes) is 2.